The number of likely N-dealkylation sites (tertiary alicyclic amines) is 1. The molecule has 1 saturated heterocycles. The van der Waals surface area contributed by atoms with Crippen LogP contribution in [0.2, 0.25) is 0 Å². The molecule has 0 bridgehead atoms. The molecule has 13 heavy (non-hydrogen) atoms. The molecule has 4 nitrogen and oxygen atoms in total. The van der Waals surface area contributed by atoms with Crippen LogP contribution in [0.15, 0.2) is 0 Å². The van der Waals surface area contributed by atoms with Gasteiger partial charge in [-0.1, -0.05) is 0 Å². The van der Waals surface area contributed by atoms with Gasteiger partial charge in [-0.05, 0) is 12.8 Å². The van der Waals surface area contributed by atoms with E-state index in [1.165, 1.54) is 0 Å². The van der Waals surface area contributed by atoms with Crippen molar-refractivity contribution in [3.8, 4) is 0 Å². The molecule has 1 fully saturated rings. The summed E-state index contributed by atoms with van der Waals surface area (Å²) in [6.07, 6.45) is 2.33. The van der Waals surface area contributed by atoms with Gasteiger partial charge in [0.05, 0.1) is 0 Å². The van der Waals surface area contributed by atoms with E-state index in [0.29, 0.717) is 13.0 Å². The van der Waals surface area contributed by atoms with Crippen LogP contribution in [0.1, 0.15) is 19.3 Å². The molecule has 1 aliphatic rings. The average Bonchev–Trinajstić information content (AvgIpc) is 2.52. The van der Waals surface area contributed by atoms with Crippen LogP contribution < -0.4 is 5.73 Å². The highest BCUT2D eigenvalue weighted by molar-refractivity contribution is 5.76. The van der Waals surface area contributed by atoms with Crippen molar-refractivity contribution in [2.24, 2.45) is 5.73 Å². The quantitative estimate of drug-likeness (QED) is 0.627. The topological polar surface area (TPSA) is 55.6 Å². The van der Waals surface area contributed by atoms with E-state index in [0.717, 1.165) is 25.9 Å². The molecule has 1 rings (SSSR count). The molecule has 0 radical (unpaired) electrons. The first-order chi connectivity index (χ1) is 6.24. The first-order valence-corrected chi connectivity index (χ1v) is 4.76. The fourth-order valence-electron chi connectivity index (χ4n) is 1.54. The summed E-state index contributed by atoms with van der Waals surface area (Å²) in [7, 11) is 1.65. The van der Waals surface area contributed by atoms with E-state index in [1.807, 2.05) is 4.90 Å². The van der Waals surface area contributed by atoms with E-state index in [2.05, 4.69) is 0 Å². The van der Waals surface area contributed by atoms with E-state index < -0.39 is 0 Å². The molecule has 1 unspecified atom stereocenters. The molecule has 1 amide bonds. The van der Waals surface area contributed by atoms with Crippen LogP contribution in [0.5, 0.6) is 0 Å². The number of methoxy groups -OCH3 is 1. The molecule has 0 aromatic rings. The van der Waals surface area contributed by atoms with Gasteiger partial charge in [0, 0.05) is 39.3 Å². The lowest BCUT2D eigenvalue weighted by Crippen LogP contribution is -2.31. The molecule has 1 aliphatic heterocycles. The highest BCUT2D eigenvalue weighted by Crippen LogP contribution is 2.09. The van der Waals surface area contributed by atoms with Crippen molar-refractivity contribution in [3.63, 3.8) is 0 Å². The molecule has 0 aliphatic carbocycles. The Labute approximate surface area is 79.0 Å². The monoisotopic (exact) mass is 186 g/mol. The van der Waals surface area contributed by atoms with Crippen LogP contribution in [0.25, 0.3) is 0 Å². The second kappa shape index (κ2) is 5.19. The Morgan fingerprint density at radius 3 is 3.00 bits per heavy atom. The first kappa shape index (κ1) is 10.5. The molecule has 0 saturated carbocycles. The number of amides is 1. The summed E-state index contributed by atoms with van der Waals surface area (Å²) in [6.45, 7) is 2.21. The Morgan fingerprint density at radius 1 is 1.69 bits per heavy atom. The molecule has 0 aromatic heterocycles. The Balaban J connectivity index is 2.16. The number of hydrogen-bond donors (Lipinski definition) is 1. The molecule has 76 valence electrons. The second-order valence-corrected chi connectivity index (χ2v) is 3.48. The van der Waals surface area contributed by atoms with Crippen LogP contribution in [-0.4, -0.2) is 43.7 Å². The summed E-state index contributed by atoms with van der Waals surface area (Å²) in [5, 5.41) is 0. The zero-order chi connectivity index (χ0) is 9.68. The van der Waals surface area contributed by atoms with E-state index in [9.17, 15) is 4.79 Å². The first-order valence-electron chi connectivity index (χ1n) is 4.76. The molecule has 0 aromatic carbocycles. The van der Waals surface area contributed by atoms with Crippen LogP contribution >= 0.6 is 0 Å². The number of nitrogens with zero attached hydrogens (tertiary/aromatic N) is 1. The van der Waals surface area contributed by atoms with E-state index >= 15 is 0 Å². The zero-order valence-electron chi connectivity index (χ0n) is 8.16. The van der Waals surface area contributed by atoms with Crippen LogP contribution in [0.4, 0.5) is 0 Å². The van der Waals surface area contributed by atoms with Crippen LogP contribution in [0, 0.1) is 0 Å². The lowest BCUT2D eigenvalue weighted by Gasteiger charge is -2.15. The number of nitrogens with two attached hydrogens (primary N) is 1. The van der Waals surface area contributed by atoms with Gasteiger partial charge < -0.3 is 15.4 Å². The average molecular weight is 186 g/mol. The SMILES string of the molecule is COCCCC(=O)N1CCC(N)C1. The minimum absolute atomic E-state index is 0.186. The van der Waals surface area contributed by atoms with Crippen LogP contribution in [-0.2, 0) is 9.53 Å². The molecular formula is C9H18N2O2. The van der Waals surface area contributed by atoms with E-state index in [4.69, 9.17) is 10.5 Å². The van der Waals surface area contributed by atoms with Gasteiger partial charge in [-0.3, -0.25) is 4.79 Å². The standard InChI is InChI=1S/C9H18N2O2/c1-13-6-2-3-9(12)11-5-4-8(10)7-11/h8H,2-7,10H2,1H3. The smallest absolute Gasteiger partial charge is 0.222 e. The zero-order valence-corrected chi connectivity index (χ0v) is 8.16. The minimum Gasteiger partial charge on any atom is -0.385 e. The summed E-state index contributed by atoms with van der Waals surface area (Å²) < 4.78 is 4.88. The maximum Gasteiger partial charge on any atom is 0.222 e. The normalized spacial score (nSPS) is 22.3. The predicted octanol–water partition coefficient (Wildman–Crippen LogP) is -0.0274. The number of hydrogen-bond acceptors (Lipinski definition) is 3. The predicted molar refractivity (Wildman–Crippen MR) is 50.3 cm³/mol. The summed E-state index contributed by atoms with van der Waals surface area (Å²) in [5.74, 6) is 0.213. The summed E-state index contributed by atoms with van der Waals surface area (Å²) in [5.41, 5.74) is 5.70. The molecule has 2 N–H and O–H groups in total. The van der Waals surface area contributed by atoms with Gasteiger partial charge in [-0.25, -0.2) is 0 Å². The molecule has 0 spiro atoms. The Morgan fingerprint density at radius 2 is 2.46 bits per heavy atom. The van der Waals surface area contributed by atoms with Gasteiger partial charge in [0.25, 0.3) is 0 Å². The van der Waals surface area contributed by atoms with Crippen molar-refractivity contribution in [1.29, 1.82) is 0 Å². The molecule has 1 atom stereocenters. The van der Waals surface area contributed by atoms with Gasteiger partial charge in [-0.2, -0.15) is 0 Å². The Bertz CT molecular complexity index is 173. The van der Waals surface area contributed by atoms with Crippen molar-refractivity contribution in [1.82, 2.24) is 4.90 Å². The van der Waals surface area contributed by atoms with Gasteiger partial charge in [-0.15, -0.1) is 0 Å². The highest BCUT2D eigenvalue weighted by Gasteiger charge is 2.22. The summed E-state index contributed by atoms with van der Waals surface area (Å²) >= 11 is 0. The van der Waals surface area contributed by atoms with Crippen molar-refractivity contribution in [3.05, 3.63) is 0 Å². The van der Waals surface area contributed by atoms with E-state index in [-0.39, 0.29) is 11.9 Å². The van der Waals surface area contributed by atoms with Crippen molar-refractivity contribution >= 4 is 5.91 Å². The number of carbonyl (C=O) groups excluding carboxylic acids is 1. The summed E-state index contributed by atoms with van der Waals surface area (Å²) in [6, 6.07) is 0.186. The van der Waals surface area contributed by atoms with Gasteiger partial charge in [0.15, 0.2) is 0 Å². The molecule has 4 heteroatoms. The van der Waals surface area contributed by atoms with E-state index in [1.54, 1.807) is 7.11 Å². The third-order valence-corrected chi connectivity index (χ3v) is 2.32. The number of carbonyl (C=O) groups is 1. The molecular weight excluding hydrogens is 168 g/mol. The number of ether oxygens (including phenoxy) is 1. The third-order valence-electron chi connectivity index (χ3n) is 2.32. The molecule has 1 heterocycles. The highest BCUT2D eigenvalue weighted by atomic mass is 16.5. The lowest BCUT2D eigenvalue weighted by atomic mass is 10.3. The van der Waals surface area contributed by atoms with Crippen molar-refractivity contribution < 1.29 is 9.53 Å². The van der Waals surface area contributed by atoms with Gasteiger partial charge in [0.1, 0.15) is 0 Å². The Kier molecular flexibility index (Phi) is 4.18. The third kappa shape index (κ3) is 3.32. The second-order valence-electron chi connectivity index (χ2n) is 3.48. The van der Waals surface area contributed by atoms with Gasteiger partial charge >= 0.3 is 0 Å². The van der Waals surface area contributed by atoms with Crippen molar-refractivity contribution in [2.75, 3.05) is 26.8 Å². The maximum atomic E-state index is 11.5. The Hall–Kier alpha value is -0.610. The van der Waals surface area contributed by atoms with Crippen molar-refractivity contribution in [2.45, 2.75) is 25.3 Å². The summed E-state index contributed by atoms with van der Waals surface area (Å²) in [4.78, 5) is 13.3. The number of rotatable bonds is 4. The fourth-order valence-corrected chi connectivity index (χ4v) is 1.54. The minimum atomic E-state index is 0.186. The largest absolute Gasteiger partial charge is 0.385 e. The lowest BCUT2D eigenvalue weighted by molar-refractivity contribution is -0.130. The van der Waals surface area contributed by atoms with Crippen LogP contribution in [0.3, 0.4) is 0 Å². The van der Waals surface area contributed by atoms with Gasteiger partial charge in [0.2, 0.25) is 5.91 Å². The maximum absolute atomic E-state index is 11.5. The fraction of sp³-hybridized carbons (Fsp3) is 0.889.